The Balaban J connectivity index is 2.29. The lowest BCUT2D eigenvalue weighted by molar-refractivity contribution is -0.118. The molecule has 4 nitrogen and oxygen atoms in total. The number of amides is 1. The van der Waals surface area contributed by atoms with Gasteiger partial charge in [-0.15, -0.1) is 11.6 Å². The van der Waals surface area contributed by atoms with Crippen molar-refractivity contribution in [2.75, 3.05) is 5.88 Å². The summed E-state index contributed by atoms with van der Waals surface area (Å²) in [6, 6.07) is 1.68. The maximum Gasteiger partial charge on any atom is 0.235 e. The first-order valence-electron chi connectivity index (χ1n) is 3.05. The standard InChI is InChI=1S/C6H7ClN2O2/c7-3-6(10)8-4-5-1-2-11-9-5/h1-2H,3-4H2,(H,8,10). The largest absolute Gasteiger partial charge is 0.364 e. The van der Waals surface area contributed by atoms with Crippen molar-refractivity contribution >= 4 is 17.5 Å². The average Bonchev–Trinajstić information content (AvgIpc) is 2.52. The van der Waals surface area contributed by atoms with Crippen molar-refractivity contribution in [1.29, 1.82) is 0 Å². The SMILES string of the molecule is O=C(CCl)NCc1ccon1. The summed E-state index contributed by atoms with van der Waals surface area (Å²) >= 11 is 5.24. The summed E-state index contributed by atoms with van der Waals surface area (Å²) in [5.74, 6) is -0.243. The summed E-state index contributed by atoms with van der Waals surface area (Å²) in [6.45, 7) is 0.363. The predicted molar refractivity (Wildman–Crippen MR) is 39.1 cm³/mol. The third-order valence-corrected chi connectivity index (χ3v) is 1.32. The van der Waals surface area contributed by atoms with Crippen LogP contribution in [0, 0.1) is 0 Å². The number of carbonyl (C=O) groups excluding carboxylic acids is 1. The molecule has 0 bridgehead atoms. The number of hydrogen-bond donors (Lipinski definition) is 1. The summed E-state index contributed by atoms with van der Waals surface area (Å²) in [6.07, 6.45) is 1.45. The third kappa shape index (κ3) is 2.59. The van der Waals surface area contributed by atoms with Gasteiger partial charge in [0.25, 0.3) is 0 Å². The van der Waals surface area contributed by atoms with Gasteiger partial charge in [-0.1, -0.05) is 5.16 Å². The zero-order valence-corrected chi connectivity index (χ0v) is 6.47. The van der Waals surface area contributed by atoms with E-state index in [1.807, 2.05) is 0 Å². The van der Waals surface area contributed by atoms with Gasteiger partial charge in [0.1, 0.15) is 17.8 Å². The number of rotatable bonds is 3. The third-order valence-electron chi connectivity index (χ3n) is 1.08. The van der Waals surface area contributed by atoms with Gasteiger partial charge in [-0.05, 0) is 0 Å². The van der Waals surface area contributed by atoms with Crippen LogP contribution in [0.15, 0.2) is 16.9 Å². The molecule has 0 aliphatic heterocycles. The summed E-state index contributed by atoms with van der Waals surface area (Å²) in [5, 5.41) is 6.13. The Hall–Kier alpha value is -1.03. The first-order valence-corrected chi connectivity index (χ1v) is 3.58. The lowest BCUT2D eigenvalue weighted by Crippen LogP contribution is -2.23. The zero-order valence-electron chi connectivity index (χ0n) is 5.71. The minimum Gasteiger partial charge on any atom is -0.364 e. The van der Waals surface area contributed by atoms with E-state index in [0.29, 0.717) is 12.2 Å². The molecule has 0 aliphatic rings. The molecular weight excluding hydrogens is 168 g/mol. The van der Waals surface area contributed by atoms with Crippen LogP contribution in [0.5, 0.6) is 0 Å². The molecule has 0 aromatic carbocycles. The highest BCUT2D eigenvalue weighted by molar-refractivity contribution is 6.27. The molecule has 11 heavy (non-hydrogen) atoms. The number of alkyl halides is 1. The van der Waals surface area contributed by atoms with Crippen LogP contribution >= 0.6 is 11.6 Å². The van der Waals surface area contributed by atoms with Gasteiger partial charge in [-0.3, -0.25) is 4.79 Å². The van der Waals surface area contributed by atoms with Crippen LogP contribution in [-0.4, -0.2) is 16.9 Å². The average molecular weight is 175 g/mol. The van der Waals surface area contributed by atoms with E-state index in [9.17, 15) is 4.79 Å². The van der Waals surface area contributed by atoms with E-state index in [1.54, 1.807) is 6.07 Å². The number of nitrogens with zero attached hydrogens (tertiary/aromatic N) is 1. The maximum atomic E-state index is 10.6. The lowest BCUT2D eigenvalue weighted by atomic mass is 10.4. The topological polar surface area (TPSA) is 55.1 Å². The molecule has 1 rings (SSSR count). The van der Waals surface area contributed by atoms with Crippen molar-refractivity contribution in [3.63, 3.8) is 0 Å². The molecule has 0 fully saturated rings. The minimum atomic E-state index is -0.213. The van der Waals surface area contributed by atoms with Gasteiger partial charge in [0.2, 0.25) is 5.91 Å². The number of halogens is 1. The minimum absolute atomic E-state index is 0.0299. The molecule has 0 atom stereocenters. The predicted octanol–water partition coefficient (Wildman–Crippen LogP) is 0.530. The van der Waals surface area contributed by atoms with Crippen molar-refractivity contribution in [1.82, 2.24) is 10.5 Å². The second kappa shape index (κ2) is 3.98. The number of nitrogens with one attached hydrogen (secondary N) is 1. The van der Waals surface area contributed by atoms with Gasteiger partial charge in [-0.25, -0.2) is 0 Å². The maximum absolute atomic E-state index is 10.6. The Morgan fingerprint density at radius 3 is 3.18 bits per heavy atom. The molecule has 0 radical (unpaired) electrons. The fraction of sp³-hybridized carbons (Fsp3) is 0.333. The van der Waals surface area contributed by atoms with Crippen molar-refractivity contribution in [3.05, 3.63) is 18.0 Å². The molecule has 1 aromatic heterocycles. The van der Waals surface area contributed by atoms with Gasteiger partial charge < -0.3 is 9.84 Å². The molecule has 1 amide bonds. The van der Waals surface area contributed by atoms with Gasteiger partial charge in [0.05, 0.1) is 6.54 Å². The first-order chi connectivity index (χ1) is 5.33. The van der Waals surface area contributed by atoms with E-state index in [4.69, 9.17) is 11.6 Å². The Morgan fingerprint density at radius 1 is 1.82 bits per heavy atom. The Kier molecular flexibility index (Phi) is 2.92. The van der Waals surface area contributed by atoms with E-state index in [1.165, 1.54) is 6.26 Å². The first kappa shape index (κ1) is 8.07. The second-order valence-electron chi connectivity index (χ2n) is 1.90. The molecule has 60 valence electrons. The van der Waals surface area contributed by atoms with Crippen LogP contribution in [0.1, 0.15) is 5.69 Å². The highest BCUT2D eigenvalue weighted by atomic mass is 35.5. The monoisotopic (exact) mass is 174 g/mol. The molecule has 5 heteroatoms. The van der Waals surface area contributed by atoms with Gasteiger partial charge in [-0.2, -0.15) is 0 Å². The van der Waals surface area contributed by atoms with E-state index < -0.39 is 0 Å². The van der Waals surface area contributed by atoms with Crippen molar-refractivity contribution in [2.45, 2.75) is 6.54 Å². The summed E-state index contributed by atoms with van der Waals surface area (Å²) in [7, 11) is 0. The molecule has 0 aliphatic carbocycles. The summed E-state index contributed by atoms with van der Waals surface area (Å²) < 4.78 is 4.55. The highest BCUT2D eigenvalue weighted by Gasteiger charge is 1.99. The zero-order chi connectivity index (χ0) is 8.10. The quantitative estimate of drug-likeness (QED) is 0.681. The lowest BCUT2D eigenvalue weighted by Gasteiger charge is -1.96. The van der Waals surface area contributed by atoms with Crippen molar-refractivity contribution in [2.24, 2.45) is 0 Å². The van der Waals surface area contributed by atoms with E-state index in [-0.39, 0.29) is 11.8 Å². The molecule has 0 spiro atoms. The van der Waals surface area contributed by atoms with Gasteiger partial charge >= 0.3 is 0 Å². The molecule has 1 N–H and O–H groups in total. The van der Waals surface area contributed by atoms with Crippen LogP contribution in [0.3, 0.4) is 0 Å². The van der Waals surface area contributed by atoms with Gasteiger partial charge in [0, 0.05) is 6.07 Å². The van der Waals surface area contributed by atoms with Crippen LogP contribution in [-0.2, 0) is 11.3 Å². The molecule has 1 aromatic rings. The summed E-state index contributed by atoms with van der Waals surface area (Å²) in [5.41, 5.74) is 0.684. The number of hydrogen-bond acceptors (Lipinski definition) is 3. The van der Waals surface area contributed by atoms with Crippen LogP contribution < -0.4 is 5.32 Å². The van der Waals surface area contributed by atoms with Crippen LogP contribution in [0.25, 0.3) is 0 Å². The van der Waals surface area contributed by atoms with E-state index >= 15 is 0 Å². The van der Waals surface area contributed by atoms with Crippen molar-refractivity contribution < 1.29 is 9.32 Å². The Labute approximate surface area is 68.5 Å². The fourth-order valence-corrected chi connectivity index (χ4v) is 0.660. The van der Waals surface area contributed by atoms with Gasteiger partial charge in [0.15, 0.2) is 0 Å². The Morgan fingerprint density at radius 2 is 2.64 bits per heavy atom. The molecule has 0 unspecified atom stereocenters. The Bertz CT molecular complexity index is 222. The number of aromatic nitrogens is 1. The van der Waals surface area contributed by atoms with E-state index in [2.05, 4.69) is 15.0 Å². The fourth-order valence-electron chi connectivity index (χ4n) is 0.565. The van der Waals surface area contributed by atoms with Crippen LogP contribution in [0.4, 0.5) is 0 Å². The number of carbonyl (C=O) groups is 1. The molecule has 1 heterocycles. The summed E-state index contributed by atoms with van der Waals surface area (Å²) in [4.78, 5) is 10.6. The second-order valence-corrected chi connectivity index (χ2v) is 2.17. The molecular formula is C6H7ClN2O2. The highest BCUT2D eigenvalue weighted by Crippen LogP contribution is 1.92. The smallest absolute Gasteiger partial charge is 0.235 e. The molecule has 0 saturated carbocycles. The van der Waals surface area contributed by atoms with Crippen molar-refractivity contribution in [3.8, 4) is 0 Å². The molecule has 0 saturated heterocycles. The van der Waals surface area contributed by atoms with E-state index in [0.717, 1.165) is 0 Å². The van der Waals surface area contributed by atoms with Crippen LogP contribution in [0.2, 0.25) is 0 Å². The normalized spacial score (nSPS) is 9.55.